The van der Waals surface area contributed by atoms with Crippen molar-refractivity contribution >= 4 is 28.2 Å². The number of halogens is 4. The van der Waals surface area contributed by atoms with Gasteiger partial charge in [0.1, 0.15) is 11.8 Å². The highest BCUT2D eigenvalue weighted by Gasteiger charge is 2.40. The number of rotatable bonds is 6. The average Bonchev–Trinajstić information content (AvgIpc) is 3.57. The van der Waals surface area contributed by atoms with E-state index in [1.807, 2.05) is 6.07 Å². The molecule has 5 rings (SSSR count). The Kier molecular flexibility index (Phi) is 6.14. The minimum Gasteiger partial charge on any atom is -0.294 e. The molecule has 0 radical (unpaired) electrons. The molecule has 37 heavy (non-hydrogen) atoms. The molecule has 0 aliphatic carbocycles. The zero-order chi connectivity index (χ0) is 26.2. The number of carbonyl (C=O) groups excluding carboxylic acids is 1. The second kappa shape index (κ2) is 9.44. The first-order valence-electron chi connectivity index (χ1n) is 10.8. The van der Waals surface area contributed by atoms with Crippen molar-refractivity contribution in [1.82, 2.24) is 34.7 Å². The molecule has 5 aromatic rings. The fraction of sp³-hybridized carbons (Fsp3) is 0.125. The van der Waals surface area contributed by atoms with Gasteiger partial charge in [0.15, 0.2) is 17.3 Å². The summed E-state index contributed by atoms with van der Waals surface area (Å²) in [4.78, 5) is 22.3. The second-order valence-electron chi connectivity index (χ2n) is 7.86. The van der Waals surface area contributed by atoms with E-state index < -0.39 is 23.2 Å². The van der Waals surface area contributed by atoms with Gasteiger partial charge in [0, 0.05) is 23.4 Å². The number of hydrogen-bond donors (Lipinski definition) is 0. The van der Waals surface area contributed by atoms with Gasteiger partial charge in [-0.15, -0.1) is 4.80 Å². The summed E-state index contributed by atoms with van der Waals surface area (Å²) in [6.07, 6.45) is 1.39. The van der Waals surface area contributed by atoms with Gasteiger partial charge in [-0.3, -0.25) is 4.79 Å². The van der Waals surface area contributed by atoms with Crippen molar-refractivity contribution in [2.24, 2.45) is 0 Å². The van der Waals surface area contributed by atoms with Crippen LogP contribution in [0.3, 0.4) is 0 Å². The highest BCUT2D eigenvalue weighted by Crippen LogP contribution is 2.36. The standard InChI is InChI=1S/C24H14ClF3N8O/c25-18-9-14(11-31-23(18)36-32-7-8-33-36)5-6-21(37)17-12-34-35(22(17)24(26,27)28)20-13-30-19(10-29)15-3-1-2-4-16(15)20/h1-4,7-9,11-13H,5-6H2. The van der Waals surface area contributed by atoms with Gasteiger partial charge >= 0.3 is 6.18 Å². The van der Waals surface area contributed by atoms with Crippen LogP contribution in [0.15, 0.2) is 61.3 Å². The molecule has 4 aromatic heterocycles. The number of pyridine rings is 2. The highest BCUT2D eigenvalue weighted by molar-refractivity contribution is 6.32. The van der Waals surface area contributed by atoms with E-state index in [-0.39, 0.29) is 35.1 Å². The van der Waals surface area contributed by atoms with Crippen LogP contribution in [0.5, 0.6) is 0 Å². The first kappa shape index (κ1) is 24.1. The molecule has 184 valence electrons. The molecule has 4 heterocycles. The molecule has 0 saturated carbocycles. The third-order valence-electron chi connectivity index (χ3n) is 5.57. The maximum absolute atomic E-state index is 14.2. The lowest BCUT2D eigenvalue weighted by Crippen LogP contribution is -2.18. The first-order chi connectivity index (χ1) is 17.8. The smallest absolute Gasteiger partial charge is 0.294 e. The Morgan fingerprint density at radius 3 is 2.43 bits per heavy atom. The SMILES string of the molecule is N#Cc1ncc(-n2ncc(C(=O)CCc3cnc(-n4nccn4)c(Cl)c3)c2C(F)(F)F)c2ccccc12. The van der Waals surface area contributed by atoms with Crippen LogP contribution < -0.4 is 0 Å². The van der Waals surface area contributed by atoms with E-state index >= 15 is 0 Å². The number of carbonyl (C=O) groups is 1. The van der Waals surface area contributed by atoms with Gasteiger partial charge in [0.05, 0.1) is 41.1 Å². The lowest BCUT2D eigenvalue weighted by atomic mass is 10.0. The Morgan fingerprint density at radius 2 is 1.76 bits per heavy atom. The van der Waals surface area contributed by atoms with Gasteiger partial charge in [-0.1, -0.05) is 35.9 Å². The Labute approximate surface area is 211 Å². The number of alkyl halides is 3. The maximum atomic E-state index is 14.2. The van der Waals surface area contributed by atoms with E-state index in [9.17, 15) is 23.2 Å². The second-order valence-corrected chi connectivity index (χ2v) is 8.26. The minimum atomic E-state index is -4.89. The highest BCUT2D eigenvalue weighted by atomic mass is 35.5. The van der Waals surface area contributed by atoms with Crippen LogP contribution in [0.4, 0.5) is 13.2 Å². The zero-order valence-corrected chi connectivity index (χ0v) is 19.4. The molecule has 0 saturated heterocycles. The van der Waals surface area contributed by atoms with Gasteiger partial charge in [0.25, 0.3) is 0 Å². The molecule has 0 aliphatic rings. The fourth-order valence-electron chi connectivity index (χ4n) is 3.92. The lowest BCUT2D eigenvalue weighted by Gasteiger charge is -2.14. The number of ketones is 1. The van der Waals surface area contributed by atoms with Crippen LogP contribution in [-0.2, 0) is 12.6 Å². The third-order valence-corrected chi connectivity index (χ3v) is 5.85. The summed E-state index contributed by atoms with van der Waals surface area (Å²) in [6, 6.07) is 9.91. The van der Waals surface area contributed by atoms with Gasteiger partial charge < -0.3 is 0 Å². The molecule has 0 N–H and O–H groups in total. The molecule has 9 nitrogen and oxygen atoms in total. The monoisotopic (exact) mass is 522 g/mol. The maximum Gasteiger partial charge on any atom is 0.434 e. The summed E-state index contributed by atoms with van der Waals surface area (Å²) < 4.78 is 43.3. The Hall–Kier alpha value is -4.63. The Bertz CT molecular complexity index is 1670. The van der Waals surface area contributed by atoms with Gasteiger partial charge in [0.2, 0.25) is 0 Å². The number of Topliss-reactive ketones (excluding diaryl/α,β-unsaturated/α-hetero) is 1. The first-order valence-corrected chi connectivity index (χ1v) is 11.1. The summed E-state index contributed by atoms with van der Waals surface area (Å²) in [5.74, 6) is -0.468. The van der Waals surface area contributed by atoms with Gasteiger partial charge in [-0.25, -0.2) is 14.6 Å². The minimum absolute atomic E-state index is 0.000207. The molecule has 0 aliphatic heterocycles. The molecule has 0 bridgehead atoms. The van der Waals surface area contributed by atoms with Gasteiger partial charge in [-0.2, -0.15) is 33.7 Å². The van der Waals surface area contributed by atoms with Crippen molar-refractivity contribution in [2.75, 3.05) is 0 Å². The average molecular weight is 523 g/mol. The van der Waals surface area contributed by atoms with E-state index in [0.717, 1.165) is 12.4 Å². The summed E-state index contributed by atoms with van der Waals surface area (Å²) in [6.45, 7) is 0. The van der Waals surface area contributed by atoms with E-state index in [0.29, 0.717) is 21.0 Å². The number of nitriles is 1. The predicted octanol–water partition coefficient (Wildman–Crippen LogP) is 4.76. The van der Waals surface area contributed by atoms with Crippen LogP contribution in [0.25, 0.3) is 22.3 Å². The van der Waals surface area contributed by atoms with Gasteiger partial charge in [-0.05, 0) is 18.1 Å². The van der Waals surface area contributed by atoms with E-state index in [1.54, 1.807) is 30.3 Å². The molecule has 0 amide bonds. The van der Waals surface area contributed by atoms with Crippen molar-refractivity contribution in [3.8, 4) is 17.6 Å². The summed E-state index contributed by atoms with van der Waals surface area (Å²) in [7, 11) is 0. The Balaban J connectivity index is 1.47. The van der Waals surface area contributed by atoms with Crippen molar-refractivity contribution < 1.29 is 18.0 Å². The van der Waals surface area contributed by atoms with Crippen molar-refractivity contribution in [1.29, 1.82) is 5.26 Å². The zero-order valence-electron chi connectivity index (χ0n) is 18.7. The van der Waals surface area contributed by atoms with Crippen LogP contribution in [0.1, 0.15) is 33.7 Å². The summed E-state index contributed by atoms with van der Waals surface area (Å²) >= 11 is 6.24. The molecule has 0 atom stereocenters. The molecule has 0 unspecified atom stereocenters. The van der Waals surface area contributed by atoms with E-state index in [1.165, 1.54) is 23.4 Å². The van der Waals surface area contributed by atoms with Crippen molar-refractivity contribution in [2.45, 2.75) is 19.0 Å². The molecule has 0 spiro atoms. The normalized spacial score (nSPS) is 11.5. The predicted molar refractivity (Wildman–Crippen MR) is 125 cm³/mol. The van der Waals surface area contributed by atoms with Crippen LogP contribution in [0, 0.1) is 11.3 Å². The molecule has 13 heteroatoms. The number of hydrogen-bond acceptors (Lipinski definition) is 7. The number of nitrogens with zero attached hydrogens (tertiary/aromatic N) is 8. The van der Waals surface area contributed by atoms with E-state index in [4.69, 9.17) is 11.6 Å². The number of aryl methyl sites for hydroxylation is 1. The summed E-state index contributed by atoms with van der Waals surface area (Å²) in [5, 5.41) is 22.0. The Morgan fingerprint density at radius 1 is 1.03 bits per heavy atom. The molecule has 1 aromatic carbocycles. The molecule has 0 fully saturated rings. The number of aromatic nitrogens is 7. The third kappa shape index (κ3) is 4.52. The molecular formula is C24H14ClF3N8O. The van der Waals surface area contributed by atoms with Crippen LogP contribution in [0.2, 0.25) is 5.02 Å². The topological polar surface area (TPSA) is 115 Å². The van der Waals surface area contributed by atoms with Crippen molar-refractivity contribution in [3.63, 3.8) is 0 Å². The number of fused-ring (bicyclic) bond motifs is 1. The summed E-state index contributed by atoms with van der Waals surface area (Å²) in [5.41, 5.74) is -1.17. The lowest BCUT2D eigenvalue weighted by molar-refractivity contribution is -0.143. The molecular weight excluding hydrogens is 509 g/mol. The quantitative estimate of drug-likeness (QED) is 0.295. The van der Waals surface area contributed by atoms with E-state index in [2.05, 4.69) is 25.3 Å². The van der Waals surface area contributed by atoms with Crippen LogP contribution >= 0.6 is 11.6 Å². The number of benzene rings is 1. The van der Waals surface area contributed by atoms with Crippen LogP contribution in [-0.4, -0.2) is 40.5 Å². The largest absolute Gasteiger partial charge is 0.434 e. The van der Waals surface area contributed by atoms with Crippen molar-refractivity contribution in [3.05, 3.63) is 88.9 Å². The fourth-order valence-corrected chi connectivity index (χ4v) is 4.18.